The Morgan fingerprint density at radius 2 is 2.00 bits per heavy atom. The molecular formula is C18H30N2O. The predicted octanol–water partition coefficient (Wildman–Crippen LogP) is 3.83. The molecule has 0 aromatic carbocycles. The molecule has 2 fully saturated rings. The summed E-state index contributed by atoms with van der Waals surface area (Å²) in [4.78, 5) is 2.25. The zero-order valence-corrected chi connectivity index (χ0v) is 13.6. The van der Waals surface area contributed by atoms with Crippen molar-refractivity contribution in [2.45, 2.75) is 57.0 Å². The number of likely N-dealkylation sites (N-methyl/N-ethyl adjacent to an activating group) is 1. The Kier molecular flexibility index (Phi) is 5.02. The van der Waals surface area contributed by atoms with Crippen molar-refractivity contribution < 1.29 is 4.42 Å². The molecule has 0 radical (unpaired) electrons. The van der Waals surface area contributed by atoms with E-state index in [-0.39, 0.29) is 0 Å². The molecule has 3 nitrogen and oxygen atoms in total. The number of nitrogens with one attached hydrogen (secondary N) is 1. The fourth-order valence-electron chi connectivity index (χ4n) is 4.36. The van der Waals surface area contributed by atoms with Gasteiger partial charge in [-0.15, -0.1) is 0 Å². The molecule has 3 heteroatoms. The Balaban J connectivity index is 1.52. The second-order valence-electron chi connectivity index (χ2n) is 7.22. The topological polar surface area (TPSA) is 28.4 Å². The molecule has 1 heterocycles. The minimum absolute atomic E-state index is 0.337. The largest absolute Gasteiger partial charge is 0.468 e. The molecule has 1 aromatic heterocycles. The molecule has 0 aliphatic heterocycles. The third-order valence-electron chi connectivity index (χ3n) is 5.63. The van der Waals surface area contributed by atoms with Gasteiger partial charge in [-0.3, -0.25) is 4.90 Å². The smallest absolute Gasteiger partial charge is 0.122 e. The van der Waals surface area contributed by atoms with E-state index in [1.165, 1.54) is 44.9 Å². The molecule has 0 spiro atoms. The van der Waals surface area contributed by atoms with Gasteiger partial charge in [0.25, 0.3) is 0 Å². The quantitative estimate of drug-likeness (QED) is 0.893. The average Bonchev–Trinajstić information content (AvgIpc) is 3.01. The van der Waals surface area contributed by atoms with Gasteiger partial charge in [-0.1, -0.05) is 25.7 Å². The lowest BCUT2D eigenvalue weighted by Crippen LogP contribution is -2.42. The first-order chi connectivity index (χ1) is 10.2. The number of furan rings is 1. The van der Waals surface area contributed by atoms with Crippen molar-refractivity contribution in [2.75, 3.05) is 20.6 Å². The SMILES string of the molecule is CN(C)C(CNC1CCC2CCCCC2C1)c1ccco1. The lowest BCUT2D eigenvalue weighted by atomic mass is 9.69. The molecule has 0 saturated heterocycles. The molecule has 1 N–H and O–H groups in total. The molecule has 2 saturated carbocycles. The standard InChI is InChI=1S/C18H30N2O/c1-20(2)17(18-8-5-11-21-18)13-19-16-10-9-14-6-3-4-7-15(14)12-16/h5,8,11,14-17,19H,3-4,6-7,9-10,12-13H2,1-2H3. The summed E-state index contributed by atoms with van der Waals surface area (Å²) >= 11 is 0. The van der Waals surface area contributed by atoms with Gasteiger partial charge in [-0.25, -0.2) is 0 Å². The van der Waals surface area contributed by atoms with Crippen molar-refractivity contribution in [2.24, 2.45) is 11.8 Å². The zero-order chi connectivity index (χ0) is 14.7. The summed E-state index contributed by atoms with van der Waals surface area (Å²) in [5.41, 5.74) is 0. The van der Waals surface area contributed by atoms with Crippen LogP contribution in [0.3, 0.4) is 0 Å². The molecule has 2 aliphatic rings. The Labute approximate surface area is 129 Å². The van der Waals surface area contributed by atoms with Crippen LogP contribution in [0.4, 0.5) is 0 Å². The Morgan fingerprint density at radius 1 is 1.19 bits per heavy atom. The predicted molar refractivity (Wildman–Crippen MR) is 86.2 cm³/mol. The van der Waals surface area contributed by atoms with E-state index in [4.69, 9.17) is 4.42 Å². The summed E-state index contributed by atoms with van der Waals surface area (Å²) in [5, 5.41) is 3.82. The van der Waals surface area contributed by atoms with E-state index in [0.29, 0.717) is 12.1 Å². The highest BCUT2D eigenvalue weighted by Crippen LogP contribution is 2.40. The highest BCUT2D eigenvalue weighted by Gasteiger charge is 2.32. The summed E-state index contributed by atoms with van der Waals surface area (Å²) < 4.78 is 5.60. The van der Waals surface area contributed by atoms with Crippen molar-refractivity contribution in [3.8, 4) is 0 Å². The van der Waals surface area contributed by atoms with Crippen LogP contribution >= 0.6 is 0 Å². The van der Waals surface area contributed by atoms with Gasteiger partial charge in [0, 0.05) is 12.6 Å². The molecule has 4 atom stereocenters. The van der Waals surface area contributed by atoms with E-state index in [1.54, 1.807) is 6.26 Å². The normalized spacial score (nSPS) is 31.1. The maximum absolute atomic E-state index is 5.60. The second kappa shape index (κ2) is 6.97. The van der Waals surface area contributed by atoms with Gasteiger partial charge in [0.1, 0.15) is 5.76 Å². The molecule has 1 aromatic rings. The van der Waals surface area contributed by atoms with Crippen molar-refractivity contribution >= 4 is 0 Å². The minimum atomic E-state index is 0.337. The summed E-state index contributed by atoms with van der Waals surface area (Å²) in [6.45, 7) is 0.989. The molecule has 2 aliphatic carbocycles. The van der Waals surface area contributed by atoms with E-state index in [0.717, 1.165) is 24.1 Å². The molecule has 0 amide bonds. The molecule has 21 heavy (non-hydrogen) atoms. The maximum atomic E-state index is 5.60. The fraction of sp³-hybridized carbons (Fsp3) is 0.778. The summed E-state index contributed by atoms with van der Waals surface area (Å²) in [6, 6.07) is 5.12. The van der Waals surface area contributed by atoms with Gasteiger partial charge in [-0.2, -0.15) is 0 Å². The van der Waals surface area contributed by atoms with Crippen LogP contribution < -0.4 is 5.32 Å². The monoisotopic (exact) mass is 290 g/mol. The third-order valence-corrected chi connectivity index (χ3v) is 5.63. The molecular weight excluding hydrogens is 260 g/mol. The summed E-state index contributed by atoms with van der Waals surface area (Å²) in [5.74, 6) is 3.09. The van der Waals surface area contributed by atoms with Crippen LogP contribution in [0.5, 0.6) is 0 Å². The first-order valence-corrected chi connectivity index (χ1v) is 8.67. The van der Waals surface area contributed by atoms with E-state index in [9.17, 15) is 0 Å². The van der Waals surface area contributed by atoms with Crippen molar-refractivity contribution in [3.63, 3.8) is 0 Å². The van der Waals surface area contributed by atoms with Gasteiger partial charge in [0.05, 0.1) is 12.3 Å². The van der Waals surface area contributed by atoms with Gasteiger partial charge >= 0.3 is 0 Å². The average molecular weight is 290 g/mol. The van der Waals surface area contributed by atoms with Gasteiger partial charge in [0.15, 0.2) is 0 Å². The Morgan fingerprint density at radius 3 is 2.71 bits per heavy atom. The van der Waals surface area contributed by atoms with Crippen LogP contribution in [-0.4, -0.2) is 31.6 Å². The van der Waals surface area contributed by atoms with Crippen LogP contribution in [0.15, 0.2) is 22.8 Å². The number of hydrogen-bond acceptors (Lipinski definition) is 3. The second-order valence-corrected chi connectivity index (χ2v) is 7.22. The lowest BCUT2D eigenvalue weighted by Gasteiger charge is -2.40. The first kappa shape index (κ1) is 15.1. The van der Waals surface area contributed by atoms with Crippen LogP contribution in [-0.2, 0) is 0 Å². The molecule has 0 bridgehead atoms. The van der Waals surface area contributed by atoms with E-state index in [2.05, 4.69) is 30.4 Å². The van der Waals surface area contributed by atoms with Crippen LogP contribution in [0, 0.1) is 11.8 Å². The van der Waals surface area contributed by atoms with Crippen LogP contribution in [0.2, 0.25) is 0 Å². The minimum Gasteiger partial charge on any atom is -0.468 e. The maximum Gasteiger partial charge on any atom is 0.122 e. The number of fused-ring (bicyclic) bond motifs is 1. The fourth-order valence-corrected chi connectivity index (χ4v) is 4.36. The molecule has 4 unspecified atom stereocenters. The summed E-state index contributed by atoms with van der Waals surface area (Å²) in [6.07, 6.45) is 11.9. The lowest BCUT2D eigenvalue weighted by molar-refractivity contribution is 0.137. The van der Waals surface area contributed by atoms with E-state index < -0.39 is 0 Å². The molecule has 3 rings (SSSR count). The van der Waals surface area contributed by atoms with Crippen LogP contribution in [0.1, 0.15) is 56.7 Å². The first-order valence-electron chi connectivity index (χ1n) is 8.67. The van der Waals surface area contributed by atoms with Crippen molar-refractivity contribution in [1.29, 1.82) is 0 Å². The van der Waals surface area contributed by atoms with E-state index >= 15 is 0 Å². The van der Waals surface area contributed by atoms with Crippen molar-refractivity contribution in [1.82, 2.24) is 10.2 Å². The number of hydrogen-bond donors (Lipinski definition) is 1. The Hall–Kier alpha value is -0.800. The highest BCUT2D eigenvalue weighted by atomic mass is 16.3. The number of rotatable bonds is 5. The summed E-state index contributed by atoms with van der Waals surface area (Å²) in [7, 11) is 4.26. The molecule has 118 valence electrons. The van der Waals surface area contributed by atoms with Crippen LogP contribution in [0.25, 0.3) is 0 Å². The third kappa shape index (κ3) is 3.70. The highest BCUT2D eigenvalue weighted by molar-refractivity contribution is 5.05. The zero-order valence-electron chi connectivity index (χ0n) is 13.6. The van der Waals surface area contributed by atoms with E-state index in [1.807, 2.05) is 6.07 Å². The number of nitrogens with zero attached hydrogens (tertiary/aromatic N) is 1. The Bertz CT molecular complexity index is 415. The van der Waals surface area contributed by atoms with Gasteiger partial charge in [-0.05, 0) is 57.3 Å². The van der Waals surface area contributed by atoms with Crippen molar-refractivity contribution in [3.05, 3.63) is 24.2 Å². The van der Waals surface area contributed by atoms with Gasteiger partial charge in [0.2, 0.25) is 0 Å². The van der Waals surface area contributed by atoms with Gasteiger partial charge < -0.3 is 9.73 Å².